The number of fused-ring (bicyclic) bond motifs is 1. The lowest BCUT2D eigenvalue weighted by Crippen LogP contribution is -2.58. The molecule has 0 aromatic heterocycles. The summed E-state index contributed by atoms with van der Waals surface area (Å²) < 4.78 is 10.7. The molecule has 0 saturated carbocycles. The molecule has 0 radical (unpaired) electrons. The van der Waals surface area contributed by atoms with Gasteiger partial charge in [0.25, 0.3) is 5.91 Å². The zero-order chi connectivity index (χ0) is 18.0. The van der Waals surface area contributed by atoms with Crippen molar-refractivity contribution in [3.8, 4) is 11.5 Å². The maximum atomic E-state index is 12.9. The average Bonchev–Trinajstić information content (AvgIpc) is 3.03. The molecule has 0 N–H and O–H groups in total. The first-order valence-corrected chi connectivity index (χ1v) is 9.05. The summed E-state index contributed by atoms with van der Waals surface area (Å²) in [6, 6.07) is 6.17. The molecule has 2 aliphatic rings. The molecule has 0 aliphatic carbocycles. The lowest BCUT2D eigenvalue weighted by atomic mass is 10.1. The van der Waals surface area contributed by atoms with E-state index in [1.165, 1.54) is 0 Å². The molecule has 138 valence electrons. The summed E-state index contributed by atoms with van der Waals surface area (Å²) in [5, 5.41) is 0. The van der Waals surface area contributed by atoms with Gasteiger partial charge in [0, 0.05) is 37.3 Å². The molecule has 1 aromatic carbocycles. The molecule has 2 unspecified atom stereocenters. The SMILES string of the molecule is CC1CN(C(=O)c2ccc3c(c2)OCO3)CC(C)N1CCCN(C)C. The van der Waals surface area contributed by atoms with E-state index >= 15 is 0 Å². The monoisotopic (exact) mass is 347 g/mol. The van der Waals surface area contributed by atoms with Crippen LogP contribution in [0.25, 0.3) is 0 Å². The predicted octanol–water partition coefficient (Wildman–Crippen LogP) is 1.90. The lowest BCUT2D eigenvalue weighted by molar-refractivity contribution is 0.0295. The summed E-state index contributed by atoms with van der Waals surface area (Å²) >= 11 is 0. The predicted molar refractivity (Wildman–Crippen MR) is 97.3 cm³/mol. The summed E-state index contributed by atoms with van der Waals surface area (Å²) in [6.45, 7) is 8.35. The average molecular weight is 347 g/mol. The van der Waals surface area contributed by atoms with E-state index in [0.29, 0.717) is 29.1 Å². The third kappa shape index (κ3) is 4.07. The van der Waals surface area contributed by atoms with E-state index in [2.05, 4.69) is 37.7 Å². The maximum Gasteiger partial charge on any atom is 0.254 e. The van der Waals surface area contributed by atoms with E-state index < -0.39 is 0 Å². The molecule has 0 spiro atoms. The first-order chi connectivity index (χ1) is 12.0. The summed E-state index contributed by atoms with van der Waals surface area (Å²) in [7, 11) is 4.21. The molecule has 1 amide bonds. The zero-order valence-electron chi connectivity index (χ0n) is 15.7. The molecular weight excluding hydrogens is 318 g/mol. The molecule has 6 nitrogen and oxygen atoms in total. The third-order valence-corrected chi connectivity index (χ3v) is 5.03. The van der Waals surface area contributed by atoms with Gasteiger partial charge in [-0.2, -0.15) is 0 Å². The van der Waals surface area contributed by atoms with Crippen LogP contribution in [0.3, 0.4) is 0 Å². The summed E-state index contributed by atoms with van der Waals surface area (Å²) in [5.74, 6) is 1.45. The minimum absolute atomic E-state index is 0.0740. The minimum atomic E-state index is 0.0740. The Morgan fingerprint density at radius 2 is 1.84 bits per heavy atom. The van der Waals surface area contributed by atoms with Gasteiger partial charge in [-0.15, -0.1) is 0 Å². The normalized spacial score (nSPS) is 23.3. The molecule has 1 aromatic rings. The van der Waals surface area contributed by atoms with Crippen molar-refractivity contribution < 1.29 is 14.3 Å². The number of hydrogen-bond acceptors (Lipinski definition) is 5. The van der Waals surface area contributed by atoms with Gasteiger partial charge in [-0.1, -0.05) is 0 Å². The number of carbonyl (C=O) groups excluding carboxylic acids is 1. The number of rotatable bonds is 5. The van der Waals surface area contributed by atoms with Crippen LogP contribution in [-0.2, 0) is 0 Å². The highest BCUT2D eigenvalue weighted by Crippen LogP contribution is 2.33. The number of hydrogen-bond donors (Lipinski definition) is 0. The standard InChI is InChI=1S/C19H29N3O3/c1-14-11-21(12-15(2)22(14)9-5-8-20(3)4)19(23)16-6-7-17-18(10-16)25-13-24-17/h6-7,10,14-15H,5,8-9,11-13H2,1-4H3. The van der Waals surface area contributed by atoms with Crippen LogP contribution in [0.1, 0.15) is 30.6 Å². The van der Waals surface area contributed by atoms with Crippen LogP contribution in [-0.4, -0.2) is 79.8 Å². The Morgan fingerprint density at radius 3 is 2.52 bits per heavy atom. The van der Waals surface area contributed by atoms with Gasteiger partial charge in [-0.3, -0.25) is 9.69 Å². The van der Waals surface area contributed by atoms with E-state index in [9.17, 15) is 4.79 Å². The highest BCUT2D eigenvalue weighted by molar-refractivity contribution is 5.95. The Hall–Kier alpha value is -1.79. The van der Waals surface area contributed by atoms with Gasteiger partial charge in [0.2, 0.25) is 6.79 Å². The van der Waals surface area contributed by atoms with Crippen molar-refractivity contribution in [3.05, 3.63) is 23.8 Å². The molecule has 2 heterocycles. The zero-order valence-corrected chi connectivity index (χ0v) is 15.7. The summed E-state index contributed by atoms with van der Waals surface area (Å²) in [4.78, 5) is 19.6. The van der Waals surface area contributed by atoms with Gasteiger partial charge in [-0.05, 0) is 59.1 Å². The van der Waals surface area contributed by atoms with E-state index in [1.54, 1.807) is 6.07 Å². The van der Waals surface area contributed by atoms with E-state index in [-0.39, 0.29) is 12.7 Å². The van der Waals surface area contributed by atoms with Gasteiger partial charge in [0.15, 0.2) is 11.5 Å². The topological polar surface area (TPSA) is 45.3 Å². The number of ether oxygens (including phenoxy) is 2. The fraction of sp³-hybridized carbons (Fsp3) is 0.632. The third-order valence-electron chi connectivity index (χ3n) is 5.03. The Balaban J connectivity index is 1.62. The molecule has 25 heavy (non-hydrogen) atoms. The van der Waals surface area contributed by atoms with Crippen molar-refractivity contribution in [1.82, 2.24) is 14.7 Å². The van der Waals surface area contributed by atoms with Crippen molar-refractivity contribution in [2.75, 3.05) is 47.1 Å². The van der Waals surface area contributed by atoms with Gasteiger partial charge in [-0.25, -0.2) is 0 Å². The molecule has 1 saturated heterocycles. The summed E-state index contributed by atoms with van der Waals surface area (Å²) in [6.07, 6.45) is 1.15. The van der Waals surface area contributed by atoms with Crippen LogP contribution in [0.2, 0.25) is 0 Å². The quantitative estimate of drug-likeness (QED) is 0.814. The smallest absolute Gasteiger partial charge is 0.254 e. The minimum Gasteiger partial charge on any atom is -0.454 e. The lowest BCUT2D eigenvalue weighted by Gasteiger charge is -2.44. The maximum absolute atomic E-state index is 12.9. The van der Waals surface area contributed by atoms with E-state index in [1.807, 2.05) is 17.0 Å². The Bertz CT molecular complexity index is 608. The Labute approximate surface area is 150 Å². The van der Waals surface area contributed by atoms with Crippen LogP contribution in [0.4, 0.5) is 0 Å². The number of carbonyl (C=O) groups is 1. The second-order valence-corrected chi connectivity index (χ2v) is 7.37. The number of amides is 1. The van der Waals surface area contributed by atoms with Crippen LogP contribution < -0.4 is 9.47 Å². The molecule has 6 heteroatoms. The van der Waals surface area contributed by atoms with Crippen LogP contribution in [0.5, 0.6) is 11.5 Å². The second kappa shape index (κ2) is 7.62. The van der Waals surface area contributed by atoms with Crippen LogP contribution in [0, 0.1) is 0 Å². The van der Waals surface area contributed by atoms with Crippen LogP contribution >= 0.6 is 0 Å². The van der Waals surface area contributed by atoms with Gasteiger partial charge in [0.05, 0.1) is 0 Å². The Kier molecular flexibility index (Phi) is 5.49. The number of piperazine rings is 1. The van der Waals surface area contributed by atoms with Crippen LogP contribution in [0.15, 0.2) is 18.2 Å². The fourth-order valence-electron chi connectivity index (χ4n) is 3.74. The van der Waals surface area contributed by atoms with E-state index in [0.717, 1.165) is 32.6 Å². The first-order valence-electron chi connectivity index (χ1n) is 9.05. The highest BCUT2D eigenvalue weighted by Gasteiger charge is 2.32. The summed E-state index contributed by atoms with van der Waals surface area (Å²) in [5.41, 5.74) is 0.671. The van der Waals surface area contributed by atoms with Gasteiger partial charge < -0.3 is 19.3 Å². The van der Waals surface area contributed by atoms with Crippen molar-refractivity contribution in [2.45, 2.75) is 32.4 Å². The molecule has 1 fully saturated rings. The van der Waals surface area contributed by atoms with Crippen molar-refractivity contribution in [3.63, 3.8) is 0 Å². The van der Waals surface area contributed by atoms with Gasteiger partial charge in [0.1, 0.15) is 0 Å². The second-order valence-electron chi connectivity index (χ2n) is 7.37. The fourth-order valence-corrected chi connectivity index (χ4v) is 3.74. The number of nitrogens with zero attached hydrogens (tertiary/aromatic N) is 3. The Morgan fingerprint density at radius 1 is 1.16 bits per heavy atom. The van der Waals surface area contributed by atoms with Crippen molar-refractivity contribution >= 4 is 5.91 Å². The molecule has 2 atom stereocenters. The highest BCUT2D eigenvalue weighted by atomic mass is 16.7. The van der Waals surface area contributed by atoms with Gasteiger partial charge >= 0.3 is 0 Å². The number of benzene rings is 1. The molecule has 2 aliphatic heterocycles. The molecule has 3 rings (SSSR count). The van der Waals surface area contributed by atoms with Crippen molar-refractivity contribution in [2.24, 2.45) is 0 Å². The van der Waals surface area contributed by atoms with E-state index in [4.69, 9.17) is 9.47 Å². The van der Waals surface area contributed by atoms with Crippen molar-refractivity contribution in [1.29, 1.82) is 0 Å². The molecular formula is C19H29N3O3. The molecule has 0 bridgehead atoms. The largest absolute Gasteiger partial charge is 0.454 e. The first kappa shape index (κ1) is 18.0.